The van der Waals surface area contributed by atoms with Crippen molar-refractivity contribution in [1.82, 2.24) is 0 Å². The van der Waals surface area contributed by atoms with Crippen LogP contribution in [0.25, 0.3) is 0 Å². The Balaban J connectivity index is 0.000000390. The van der Waals surface area contributed by atoms with Gasteiger partial charge >= 0.3 is 11.9 Å². The Morgan fingerprint density at radius 1 is 0.641 bits per heavy atom. The number of unbranched alkanes of at least 4 members (excludes halogenated alkanes) is 14. The molecule has 0 amide bonds. The molecule has 0 aliphatic rings. The molecule has 0 unspecified atom stereocenters. The highest BCUT2D eigenvalue weighted by atomic mass is 35.5. The van der Waals surface area contributed by atoms with E-state index < -0.39 is 11.9 Å². The first-order valence-electron chi connectivity index (χ1n) is 14.6. The average Bonchev–Trinajstić information content (AvgIpc) is 2.89. The van der Waals surface area contributed by atoms with Crippen LogP contribution in [0, 0.1) is 0 Å². The van der Waals surface area contributed by atoms with E-state index in [0.29, 0.717) is 33.4 Å². The Morgan fingerprint density at radius 2 is 1.10 bits per heavy atom. The number of nitrogens with one attached hydrogen (secondary N) is 1. The zero-order chi connectivity index (χ0) is 28.7. The van der Waals surface area contributed by atoms with Crippen molar-refractivity contribution in [3.05, 3.63) is 58.1 Å². The summed E-state index contributed by atoms with van der Waals surface area (Å²) >= 11 is 12.1. The number of hydrogen-bond donors (Lipinski definition) is 3. The van der Waals surface area contributed by atoms with Crippen molar-refractivity contribution in [1.29, 1.82) is 0 Å². The first kappa shape index (κ1) is 34.8. The number of carboxylic acids is 2. The van der Waals surface area contributed by atoms with Crippen LogP contribution < -0.4 is 5.32 Å². The highest BCUT2D eigenvalue weighted by molar-refractivity contribution is 6.39. The second-order valence-corrected chi connectivity index (χ2v) is 10.9. The van der Waals surface area contributed by atoms with Gasteiger partial charge in [0.05, 0.1) is 22.2 Å². The third kappa shape index (κ3) is 17.9. The van der Waals surface area contributed by atoms with Gasteiger partial charge in [0, 0.05) is 12.1 Å². The van der Waals surface area contributed by atoms with Gasteiger partial charge < -0.3 is 15.5 Å². The fourth-order valence-corrected chi connectivity index (χ4v) is 4.85. The number of rotatable bonds is 20. The van der Waals surface area contributed by atoms with Crippen molar-refractivity contribution in [2.75, 3.05) is 5.32 Å². The van der Waals surface area contributed by atoms with Gasteiger partial charge in [-0.1, -0.05) is 144 Å². The number of halogens is 2. The second-order valence-electron chi connectivity index (χ2n) is 10.0. The zero-order valence-corrected chi connectivity index (χ0v) is 25.0. The predicted molar refractivity (Wildman–Crippen MR) is 165 cm³/mol. The largest absolute Gasteiger partial charge is 0.481 e. The molecule has 0 spiro atoms. The minimum Gasteiger partial charge on any atom is -0.481 e. The summed E-state index contributed by atoms with van der Waals surface area (Å²) in [5, 5.41) is 21.5. The van der Waals surface area contributed by atoms with Gasteiger partial charge in [-0.2, -0.15) is 0 Å². The van der Waals surface area contributed by atoms with E-state index in [-0.39, 0.29) is 6.42 Å². The van der Waals surface area contributed by atoms with E-state index in [1.807, 2.05) is 6.07 Å². The number of para-hydroxylation sites is 2. The van der Waals surface area contributed by atoms with Gasteiger partial charge in [0.15, 0.2) is 0 Å². The van der Waals surface area contributed by atoms with Gasteiger partial charge in [-0.3, -0.25) is 9.59 Å². The first-order chi connectivity index (χ1) is 18.8. The van der Waals surface area contributed by atoms with Gasteiger partial charge in [0.2, 0.25) is 0 Å². The van der Waals surface area contributed by atoms with Crippen molar-refractivity contribution in [3.8, 4) is 0 Å². The average molecular weight is 581 g/mol. The van der Waals surface area contributed by atoms with Gasteiger partial charge in [-0.15, -0.1) is 0 Å². The number of anilines is 2. The molecular weight excluding hydrogens is 533 g/mol. The summed E-state index contributed by atoms with van der Waals surface area (Å²) in [6, 6.07) is 12.3. The number of carbonyl (C=O) groups is 2. The highest BCUT2D eigenvalue weighted by Crippen LogP contribution is 2.33. The van der Waals surface area contributed by atoms with E-state index in [9.17, 15) is 9.59 Å². The number of benzene rings is 2. The molecule has 218 valence electrons. The van der Waals surface area contributed by atoms with Gasteiger partial charge in [-0.25, -0.2) is 0 Å². The molecule has 3 N–H and O–H groups in total. The molecule has 2 aromatic carbocycles. The topological polar surface area (TPSA) is 86.6 Å². The number of hydrogen-bond acceptors (Lipinski definition) is 3. The predicted octanol–water partition coefficient (Wildman–Crippen LogP) is 10.7. The lowest BCUT2D eigenvalue weighted by Gasteiger charge is -2.13. The lowest BCUT2D eigenvalue weighted by Crippen LogP contribution is -2.04. The van der Waals surface area contributed by atoms with E-state index >= 15 is 0 Å². The Bertz CT molecular complexity index is 931. The zero-order valence-electron chi connectivity index (χ0n) is 23.5. The molecule has 2 rings (SSSR count). The molecule has 0 saturated carbocycles. The molecule has 0 radical (unpaired) electrons. The quantitative estimate of drug-likeness (QED) is 0.136. The summed E-state index contributed by atoms with van der Waals surface area (Å²) in [7, 11) is 0. The molecule has 5 nitrogen and oxygen atoms in total. The van der Waals surface area contributed by atoms with Crippen LogP contribution in [0.4, 0.5) is 11.4 Å². The van der Waals surface area contributed by atoms with Gasteiger partial charge in [0.1, 0.15) is 0 Å². The second kappa shape index (κ2) is 22.6. The van der Waals surface area contributed by atoms with E-state index in [1.54, 1.807) is 36.4 Å². The summed E-state index contributed by atoms with van der Waals surface area (Å²) in [5.74, 6) is -1.54. The van der Waals surface area contributed by atoms with Crippen molar-refractivity contribution in [3.63, 3.8) is 0 Å². The third-order valence-corrected chi connectivity index (χ3v) is 7.21. The van der Waals surface area contributed by atoms with E-state index in [0.717, 1.165) is 12.8 Å². The number of carboxylic acid groups (broad SMARTS) is 2. The molecule has 0 aliphatic carbocycles. The van der Waals surface area contributed by atoms with Crippen molar-refractivity contribution in [2.24, 2.45) is 0 Å². The lowest BCUT2D eigenvalue weighted by atomic mass is 10.0. The van der Waals surface area contributed by atoms with Crippen LogP contribution in [0.1, 0.15) is 115 Å². The van der Waals surface area contributed by atoms with E-state index in [1.165, 1.54) is 83.5 Å². The maximum atomic E-state index is 10.8. The van der Waals surface area contributed by atoms with Crippen LogP contribution in [-0.4, -0.2) is 22.2 Å². The summed E-state index contributed by atoms with van der Waals surface area (Å²) in [4.78, 5) is 21.2. The smallest absolute Gasteiger partial charge is 0.307 e. The molecule has 0 bridgehead atoms. The fourth-order valence-electron chi connectivity index (χ4n) is 4.36. The summed E-state index contributed by atoms with van der Waals surface area (Å²) in [6.07, 6.45) is 20.1. The Hall–Kier alpha value is -2.24. The summed E-state index contributed by atoms with van der Waals surface area (Å²) < 4.78 is 0. The fraction of sp³-hybridized carbons (Fsp3) is 0.562. The molecule has 0 heterocycles. The highest BCUT2D eigenvalue weighted by Gasteiger charge is 2.10. The normalized spacial score (nSPS) is 10.5. The molecular formula is C32H47Cl2NO4. The van der Waals surface area contributed by atoms with Gasteiger partial charge in [-0.05, 0) is 30.2 Å². The Morgan fingerprint density at radius 3 is 1.56 bits per heavy atom. The molecule has 0 saturated heterocycles. The molecule has 0 aliphatic heterocycles. The maximum absolute atomic E-state index is 10.8. The minimum absolute atomic E-state index is 0.0642. The SMILES string of the molecule is CCCCCCCCCCCCCCCCCC(=O)O.O=C(O)Cc1ccccc1Nc1c(Cl)cccc1Cl. The molecule has 0 atom stereocenters. The van der Waals surface area contributed by atoms with Crippen molar-refractivity contribution >= 4 is 46.5 Å². The van der Waals surface area contributed by atoms with E-state index in [4.69, 9.17) is 33.4 Å². The molecule has 0 aromatic heterocycles. The minimum atomic E-state index is -0.889. The Kier molecular flexibility index (Phi) is 20.1. The number of aliphatic carboxylic acids is 2. The van der Waals surface area contributed by atoms with Crippen LogP contribution >= 0.6 is 23.2 Å². The van der Waals surface area contributed by atoms with Crippen LogP contribution in [0.5, 0.6) is 0 Å². The molecule has 7 heteroatoms. The van der Waals surface area contributed by atoms with Gasteiger partial charge in [0.25, 0.3) is 0 Å². The molecule has 39 heavy (non-hydrogen) atoms. The third-order valence-electron chi connectivity index (χ3n) is 6.58. The van der Waals surface area contributed by atoms with Crippen molar-refractivity contribution < 1.29 is 19.8 Å². The van der Waals surface area contributed by atoms with Crippen molar-refractivity contribution in [2.45, 2.75) is 116 Å². The monoisotopic (exact) mass is 579 g/mol. The van der Waals surface area contributed by atoms with Crippen LogP contribution in [0.3, 0.4) is 0 Å². The van der Waals surface area contributed by atoms with E-state index in [2.05, 4.69) is 12.2 Å². The standard InChI is InChI=1S/C18H36O2.C14H11Cl2NO2/c1-2-3-4-5-6-7-8-9-10-11-12-13-14-15-16-17-18(19)20;15-10-5-3-6-11(16)14(10)17-12-7-2-1-4-9(12)8-13(18)19/h2-17H2,1H3,(H,19,20);1-7,17H,8H2,(H,18,19). The van der Waals surface area contributed by atoms with Crippen LogP contribution in [0.15, 0.2) is 42.5 Å². The van der Waals surface area contributed by atoms with Crippen LogP contribution in [-0.2, 0) is 16.0 Å². The molecule has 0 fully saturated rings. The maximum Gasteiger partial charge on any atom is 0.307 e. The first-order valence-corrected chi connectivity index (χ1v) is 15.3. The lowest BCUT2D eigenvalue weighted by molar-refractivity contribution is -0.137. The Labute approximate surface area is 245 Å². The molecule has 2 aromatic rings. The summed E-state index contributed by atoms with van der Waals surface area (Å²) in [5.41, 5.74) is 1.93. The summed E-state index contributed by atoms with van der Waals surface area (Å²) in [6.45, 7) is 2.27. The van der Waals surface area contributed by atoms with Crippen LogP contribution in [0.2, 0.25) is 10.0 Å².